The lowest BCUT2D eigenvalue weighted by molar-refractivity contribution is -0.125. The van der Waals surface area contributed by atoms with E-state index in [-0.39, 0.29) is 11.5 Å². The van der Waals surface area contributed by atoms with E-state index in [4.69, 9.17) is 4.74 Å². The van der Waals surface area contributed by atoms with Crippen LogP contribution in [-0.4, -0.2) is 36.6 Å². The molecule has 1 atom stereocenters. The molecule has 0 aliphatic carbocycles. The minimum Gasteiger partial charge on any atom is -0.379 e. The zero-order valence-electron chi connectivity index (χ0n) is 16.3. The van der Waals surface area contributed by atoms with Crippen molar-refractivity contribution in [1.82, 2.24) is 4.90 Å². The number of ether oxygens (including phenoxy) is 1. The molecule has 1 amide bonds. The first kappa shape index (κ1) is 21.9. The number of nitrogens with zero attached hydrogens (tertiary/aromatic N) is 1. The third-order valence-electron chi connectivity index (χ3n) is 4.37. The molecule has 23 heavy (non-hydrogen) atoms. The van der Waals surface area contributed by atoms with Gasteiger partial charge in [-0.25, -0.2) is 0 Å². The molecule has 0 aliphatic heterocycles. The third kappa shape index (κ3) is 10.3. The van der Waals surface area contributed by atoms with Gasteiger partial charge in [0, 0.05) is 26.3 Å². The van der Waals surface area contributed by atoms with Gasteiger partial charge in [-0.2, -0.15) is 0 Å². The molecule has 0 saturated heterocycles. The van der Waals surface area contributed by atoms with Crippen molar-refractivity contribution in [3.05, 3.63) is 23.8 Å². The normalized spacial score (nSPS) is 14.3. The van der Waals surface area contributed by atoms with Crippen LogP contribution >= 0.6 is 0 Å². The molecular weight excluding hydrogens is 286 g/mol. The van der Waals surface area contributed by atoms with Crippen LogP contribution in [0.3, 0.4) is 0 Å². The van der Waals surface area contributed by atoms with Gasteiger partial charge in [0.1, 0.15) is 0 Å². The maximum atomic E-state index is 12.0. The Morgan fingerprint density at radius 2 is 1.87 bits per heavy atom. The first-order chi connectivity index (χ1) is 10.8. The predicted molar refractivity (Wildman–Crippen MR) is 99.5 cm³/mol. The SMILES string of the molecule is CCN(CC)C(=O)/C=C(C)/C=C/CC(C)CCCC(C)(C)OC. The minimum atomic E-state index is -0.0142. The minimum absolute atomic E-state index is 0.0142. The zero-order chi connectivity index (χ0) is 17.9. The predicted octanol–water partition coefficient (Wildman–Crippen LogP) is 4.98. The van der Waals surface area contributed by atoms with E-state index >= 15 is 0 Å². The summed E-state index contributed by atoms with van der Waals surface area (Å²) in [6.45, 7) is 14.1. The summed E-state index contributed by atoms with van der Waals surface area (Å²) in [6, 6.07) is 0. The van der Waals surface area contributed by atoms with Gasteiger partial charge in [0.25, 0.3) is 0 Å². The van der Waals surface area contributed by atoms with Gasteiger partial charge in [-0.15, -0.1) is 0 Å². The highest BCUT2D eigenvalue weighted by molar-refractivity contribution is 5.88. The molecule has 0 saturated carbocycles. The number of allylic oxidation sites excluding steroid dienone is 3. The van der Waals surface area contributed by atoms with Crippen LogP contribution in [-0.2, 0) is 9.53 Å². The molecule has 3 heteroatoms. The molecule has 0 aromatic rings. The smallest absolute Gasteiger partial charge is 0.246 e. The Balaban J connectivity index is 4.19. The summed E-state index contributed by atoms with van der Waals surface area (Å²) >= 11 is 0. The molecule has 0 aromatic heterocycles. The van der Waals surface area contributed by atoms with Gasteiger partial charge in [-0.05, 0) is 59.0 Å². The number of carbonyl (C=O) groups excluding carboxylic acids is 1. The largest absolute Gasteiger partial charge is 0.379 e. The molecule has 0 bridgehead atoms. The summed E-state index contributed by atoms with van der Waals surface area (Å²) in [5, 5.41) is 0. The van der Waals surface area contributed by atoms with Crippen LogP contribution in [0.5, 0.6) is 0 Å². The second kappa shape index (κ2) is 11.4. The van der Waals surface area contributed by atoms with E-state index in [0.717, 1.165) is 31.5 Å². The van der Waals surface area contributed by atoms with E-state index < -0.39 is 0 Å². The number of hydrogen-bond donors (Lipinski definition) is 0. The highest BCUT2D eigenvalue weighted by Gasteiger charge is 2.15. The van der Waals surface area contributed by atoms with Crippen LogP contribution < -0.4 is 0 Å². The van der Waals surface area contributed by atoms with Crippen molar-refractivity contribution in [2.45, 2.75) is 72.8 Å². The zero-order valence-corrected chi connectivity index (χ0v) is 16.3. The van der Waals surface area contributed by atoms with Crippen molar-refractivity contribution in [3.63, 3.8) is 0 Å². The van der Waals surface area contributed by atoms with Crippen LogP contribution in [0, 0.1) is 5.92 Å². The first-order valence-corrected chi connectivity index (χ1v) is 8.94. The van der Waals surface area contributed by atoms with Crippen LogP contribution in [0.15, 0.2) is 23.8 Å². The second-order valence-electron chi connectivity index (χ2n) is 7.00. The number of methoxy groups -OCH3 is 1. The monoisotopic (exact) mass is 323 g/mol. The van der Waals surface area contributed by atoms with Gasteiger partial charge >= 0.3 is 0 Å². The highest BCUT2D eigenvalue weighted by Crippen LogP contribution is 2.20. The maximum Gasteiger partial charge on any atom is 0.246 e. The van der Waals surface area contributed by atoms with Crippen molar-refractivity contribution >= 4 is 5.91 Å². The van der Waals surface area contributed by atoms with Crippen molar-refractivity contribution in [3.8, 4) is 0 Å². The average Bonchev–Trinajstić information content (AvgIpc) is 2.48. The van der Waals surface area contributed by atoms with E-state index in [0.29, 0.717) is 5.92 Å². The molecule has 3 nitrogen and oxygen atoms in total. The van der Waals surface area contributed by atoms with E-state index in [1.165, 1.54) is 12.8 Å². The summed E-state index contributed by atoms with van der Waals surface area (Å²) in [4.78, 5) is 13.8. The van der Waals surface area contributed by atoms with Crippen LogP contribution in [0.25, 0.3) is 0 Å². The topological polar surface area (TPSA) is 29.5 Å². The van der Waals surface area contributed by atoms with E-state index in [9.17, 15) is 4.79 Å². The van der Waals surface area contributed by atoms with E-state index in [1.807, 2.05) is 25.7 Å². The fraction of sp³-hybridized carbons (Fsp3) is 0.750. The fourth-order valence-corrected chi connectivity index (χ4v) is 2.45. The number of carbonyl (C=O) groups is 1. The Kier molecular flexibility index (Phi) is 10.9. The van der Waals surface area contributed by atoms with Gasteiger partial charge in [-0.3, -0.25) is 4.79 Å². The Hall–Kier alpha value is -1.09. The summed E-state index contributed by atoms with van der Waals surface area (Å²) in [7, 11) is 1.78. The molecule has 0 aromatic carbocycles. The molecule has 0 aliphatic rings. The summed E-state index contributed by atoms with van der Waals surface area (Å²) in [5.74, 6) is 0.761. The molecule has 0 N–H and O–H groups in total. The average molecular weight is 324 g/mol. The molecule has 0 fully saturated rings. The summed E-state index contributed by atoms with van der Waals surface area (Å²) < 4.78 is 5.45. The van der Waals surface area contributed by atoms with Gasteiger partial charge in [0.2, 0.25) is 5.91 Å². The van der Waals surface area contributed by atoms with Gasteiger partial charge in [0.15, 0.2) is 0 Å². The van der Waals surface area contributed by atoms with E-state index in [1.54, 1.807) is 13.2 Å². The van der Waals surface area contributed by atoms with Crippen molar-refractivity contribution in [2.75, 3.05) is 20.2 Å². The summed E-state index contributed by atoms with van der Waals surface area (Å²) in [5.41, 5.74) is 1.01. The Morgan fingerprint density at radius 3 is 2.39 bits per heavy atom. The molecule has 1 unspecified atom stereocenters. The Labute approximate surface area is 143 Å². The summed E-state index contributed by atoms with van der Waals surface area (Å²) in [6.07, 6.45) is 10.5. The lowest BCUT2D eigenvalue weighted by Gasteiger charge is -2.23. The number of hydrogen-bond acceptors (Lipinski definition) is 2. The van der Waals surface area contributed by atoms with E-state index in [2.05, 4.69) is 32.9 Å². The fourth-order valence-electron chi connectivity index (χ4n) is 2.45. The second-order valence-corrected chi connectivity index (χ2v) is 7.00. The van der Waals surface area contributed by atoms with Gasteiger partial charge < -0.3 is 9.64 Å². The number of amides is 1. The molecule has 0 heterocycles. The maximum absolute atomic E-state index is 12.0. The molecular formula is C20H37NO2. The van der Waals surface area contributed by atoms with Crippen LogP contribution in [0.2, 0.25) is 0 Å². The molecule has 0 rings (SSSR count). The lowest BCUT2D eigenvalue weighted by atomic mass is 9.95. The highest BCUT2D eigenvalue weighted by atomic mass is 16.5. The van der Waals surface area contributed by atoms with Crippen molar-refractivity contribution in [2.24, 2.45) is 5.92 Å². The number of likely N-dealkylation sites (N-methyl/N-ethyl adjacent to an activating group) is 1. The third-order valence-corrected chi connectivity index (χ3v) is 4.37. The molecule has 134 valence electrons. The van der Waals surface area contributed by atoms with Crippen LogP contribution in [0.4, 0.5) is 0 Å². The molecule has 0 radical (unpaired) electrons. The van der Waals surface area contributed by atoms with Crippen molar-refractivity contribution < 1.29 is 9.53 Å². The Morgan fingerprint density at radius 1 is 1.26 bits per heavy atom. The van der Waals surface area contributed by atoms with Gasteiger partial charge in [-0.1, -0.05) is 31.9 Å². The van der Waals surface area contributed by atoms with Gasteiger partial charge in [0.05, 0.1) is 5.60 Å². The standard InChI is InChI=1S/C20H37NO2/c1-8-21(9-2)19(22)16-18(4)13-10-12-17(3)14-11-15-20(5,6)23-7/h10,13,16-17H,8-9,11-12,14-15H2,1-7H3/b13-10+,18-16+. The lowest BCUT2D eigenvalue weighted by Crippen LogP contribution is -2.28. The molecule has 0 spiro atoms. The number of rotatable bonds is 11. The first-order valence-electron chi connectivity index (χ1n) is 8.94. The van der Waals surface area contributed by atoms with Crippen LogP contribution in [0.1, 0.15) is 67.2 Å². The quantitative estimate of drug-likeness (QED) is 0.396. The van der Waals surface area contributed by atoms with Crippen molar-refractivity contribution in [1.29, 1.82) is 0 Å². The Bertz CT molecular complexity index is 392.